The van der Waals surface area contributed by atoms with Crippen molar-refractivity contribution in [2.24, 2.45) is 0 Å². The van der Waals surface area contributed by atoms with Crippen LogP contribution in [0.1, 0.15) is 15.9 Å². The van der Waals surface area contributed by atoms with Crippen molar-refractivity contribution >= 4 is 38.6 Å². The van der Waals surface area contributed by atoms with Gasteiger partial charge in [0, 0.05) is 15.4 Å². The normalized spacial score (nSPS) is 10.5. The van der Waals surface area contributed by atoms with E-state index in [4.69, 9.17) is 5.73 Å². The highest BCUT2D eigenvalue weighted by Crippen LogP contribution is 2.28. The monoisotopic (exact) mass is 339 g/mol. The molecule has 5 heteroatoms. The van der Waals surface area contributed by atoms with Gasteiger partial charge in [-0.2, -0.15) is 5.26 Å². The Morgan fingerprint density at radius 3 is 2.48 bits per heavy atom. The number of hydrogen-bond donors (Lipinski definition) is 1. The van der Waals surface area contributed by atoms with Gasteiger partial charge in [-0.05, 0) is 30.3 Å². The van der Waals surface area contributed by atoms with Crippen LogP contribution < -0.4 is 5.73 Å². The van der Waals surface area contributed by atoms with E-state index in [1.807, 2.05) is 12.1 Å². The molecule has 0 aliphatic carbocycles. The van der Waals surface area contributed by atoms with Crippen LogP contribution in [-0.4, -0.2) is 10.5 Å². The highest BCUT2D eigenvalue weighted by atomic mass is 79.9. The minimum atomic E-state index is -0.252. The molecule has 1 heterocycles. The molecule has 4 nitrogen and oxygen atoms in total. The molecule has 0 saturated carbocycles. The van der Waals surface area contributed by atoms with Crippen LogP contribution in [0.25, 0.3) is 10.9 Å². The maximum Gasteiger partial charge on any atom is 0.264 e. The number of halogens is 1. The number of nitrogens with zero attached hydrogens (tertiary/aromatic N) is 2. The van der Waals surface area contributed by atoms with Crippen LogP contribution in [0, 0.1) is 11.3 Å². The third-order valence-corrected chi connectivity index (χ3v) is 3.85. The van der Waals surface area contributed by atoms with E-state index in [1.54, 1.807) is 36.4 Å². The van der Waals surface area contributed by atoms with Gasteiger partial charge in [-0.15, -0.1) is 0 Å². The summed E-state index contributed by atoms with van der Waals surface area (Å²) in [6.07, 6.45) is 0. The van der Waals surface area contributed by atoms with Crippen LogP contribution in [0.3, 0.4) is 0 Å². The predicted molar refractivity (Wildman–Crippen MR) is 84.9 cm³/mol. The van der Waals surface area contributed by atoms with Crippen LogP contribution in [0.15, 0.2) is 53.0 Å². The van der Waals surface area contributed by atoms with Crippen molar-refractivity contribution in [2.45, 2.75) is 0 Å². The van der Waals surface area contributed by atoms with Gasteiger partial charge in [0.1, 0.15) is 17.5 Å². The van der Waals surface area contributed by atoms with E-state index >= 15 is 0 Å². The van der Waals surface area contributed by atoms with Crippen molar-refractivity contribution in [3.8, 4) is 6.07 Å². The second-order valence-corrected chi connectivity index (χ2v) is 5.45. The molecular weight excluding hydrogens is 330 g/mol. The van der Waals surface area contributed by atoms with Crippen LogP contribution >= 0.6 is 15.9 Å². The van der Waals surface area contributed by atoms with E-state index in [1.165, 1.54) is 4.57 Å². The molecule has 0 atom stereocenters. The number of fused-ring (bicyclic) bond motifs is 1. The summed E-state index contributed by atoms with van der Waals surface area (Å²) in [5.41, 5.74) is 7.48. The first-order valence-corrected chi connectivity index (χ1v) is 7.02. The quantitative estimate of drug-likeness (QED) is 0.736. The number of nitrogen functional groups attached to an aromatic ring is 1. The number of carbonyl (C=O) groups excluding carboxylic acids is 1. The van der Waals surface area contributed by atoms with Gasteiger partial charge in [0.25, 0.3) is 5.91 Å². The summed E-state index contributed by atoms with van der Waals surface area (Å²) in [5, 5.41) is 9.94. The van der Waals surface area contributed by atoms with E-state index in [-0.39, 0.29) is 11.7 Å². The van der Waals surface area contributed by atoms with Crippen molar-refractivity contribution in [1.82, 2.24) is 4.57 Å². The Balaban J connectivity index is 2.25. The largest absolute Gasteiger partial charge is 0.384 e. The zero-order chi connectivity index (χ0) is 15.0. The van der Waals surface area contributed by atoms with Crippen molar-refractivity contribution in [3.05, 3.63) is 64.1 Å². The number of hydrogen-bond acceptors (Lipinski definition) is 3. The molecule has 3 rings (SSSR count). The summed E-state index contributed by atoms with van der Waals surface area (Å²) in [7, 11) is 0. The zero-order valence-electron chi connectivity index (χ0n) is 10.9. The molecule has 21 heavy (non-hydrogen) atoms. The van der Waals surface area contributed by atoms with Crippen LogP contribution in [0.2, 0.25) is 0 Å². The second-order valence-electron chi connectivity index (χ2n) is 4.54. The molecule has 102 valence electrons. The minimum absolute atomic E-state index is 0.173. The van der Waals surface area contributed by atoms with Crippen molar-refractivity contribution in [2.75, 3.05) is 5.73 Å². The van der Waals surface area contributed by atoms with Crippen molar-refractivity contribution < 1.29 is 4.79 Å². The third-order valence-electron chi connectivity index (χ3n) is 3.32. The molecule has 0 bridgehead atoms. The molecular formula is C16H10BrN3O. The molecule has 2 N–H and O–H groups in total. The molecule has 0 radical (unpaired) electrons. The lowest BCUT2D eigenvalue weighted by Gasteiger charge is -2.06. The van der Waals surface area contributed by atoms with E-state index in [0.29, 0.717) is 22.0 Å². The first kappa shape index (κ1) is 13.4. The lowest BCUT2D eigenvalue weighted by molar-refractivity contribution is 0.0967. The van der Waals surface area contributed by atoms with Gasteiger partial charge in [-0.3, -0.25) is 9.36 Å². The zero-order valence-corrected chi connectivity index (χ0v) is 12.5. The Bertz CT molecular complexity index is 888. The first-order chi connectivity index (χ1) is 10.1. The molecule has 0 aliphatic rings. The number of benzene rings is 2. The average molecular weight is 340 g/mol. The van der Waals surface area contributed by atoms with E-state index in [9.17, 15) is 10.1 Å². The Morgan fingerprint density at radius 1 is 1.14 bits per heavy atom. The second kappa shape index (κ2) is 5.08. The molecule has 1 aromatic heterocycles. The maximum absolute atomic E-state index is 12.7. The molecule has 0 fully saturated rings. The summed E-state index contributed by atoms with van der Waals surface area (Å²) < 4.78 is 2.28. The summed E-state index contributed by atoms with van der Waals surface area (Å²) in [6.45, 7) is 0. The van der Waals surface area contributed by atoms with Crippen LogP contribution in [0.5, 0.6) is 0 Å². The molecule has 0 spiro atoms. The van der Waals surface area contributed by atoms with Crippen molar-refractivity contribution in [1.29, 1.82) is 5.26 Å². The SMILES string of the molecule is N#Cc1c(N)n(C(=O)c2ccc(Br)cc2)c2ccccc12. The molecule has 2 aromatic carbocycles. The fourth-order valence-electron chi connectivity index (χ4n) is 2.32. The number of anilines is 1. The molecule has 0 aliphatic heterocycles. The number of nitriles is 1. The summed E-state index contributed by atoms with van der Waals surface area (Å²) >= 11 is 3.33. The van der Waals surface area contributed by atoms with Gasteiger partial charge in [-0.1, -0.05) is 34.1 Å². The Morgan fingerprint density at radius 2 is 1.81 bits per heavy atom. The molecule has 0 saturated heterocycles. The number of para-hydroxylation sites is 1. The minimum Gasteiger partial charge on any atom is -0.384 e. The fraction of sp³-hybridized carbons (Fsp3) is 0. The Kier molecular flexibility index (Phi) is 3.24. The highest BCUT2D eigenvalue weighted by Gasteiger charge is 2.20. The van der Waals surface area contributed by atoms with Gasteiger partial charge in [0.05, 0.1) is 5.52 Å². The number of rotatable bonds is 1. The average Bonchev–Trinajstić information content (AvgIpc) is 2.78. The van der Waals surface area contributed by atoms with E-state index in [2.05, 4.69) is 22.0 Å². The lowest BCUT2D eigenvalue weighted by atomic mass is 10.2. The molecule has 0 unspecified atom stereocenters. The maximum atomic E-state index is 12.7. The number of aromatic nitrogens is 1. The summed E-state index contributed by atoms with van der Waals surface area (Å²) in [4.78, 5) is 12.7. The number of carbonyl (C=O) groups is 1. The number of nitrogens with two attached hydrogens (primary N) is 1. The Hall–Kier alpha value is -2.58. The van der Waals surface area contributed by atoms with E-state index < -0.39 is 0 Å². The highest BCUT2D eigenvalue weighted by molar-refractivity contribution is 9.10. The topological polar surface area (TPSA) is 71.8 Å². The van der Waals surface area contributed by atoms with Gasteiger partial charge in [-0.25, -0.2) is 0 Å². The van der Waals surface area contributed by atoms with Gasteiger partial charge < -0.3 is 5.73 Å². The smallest absolute Gasteiger partial charge is 0.264 e. The van der Waals surface area contributed by atoms with Gasteiger partial charge >= 0.3 is 0 Å². The molecule has 0 amide bonds. The summed E-state index contributed by atoms with van der Waals surface area (Å²) in [5.74, 6) is -0.0793. The van der Waals surface area contributed by atoms with Crippen molar-refractivity contribution in [3.63, 3.8) is 0 Å². The lowest BCUT2D eigenvalue weighted by Crippen LogP contribution is -2.14. The van der Waals surface area contributed by atoms with Crippen LogP contribution in [0.4, 0.5) is 5.82 Å². The van der Waals surface area contributed by atoms with Gasteiger partial charge in [0.15, 0.2) is 0 Å². The van der Waals surface area contributed by atoms with Gasteiger partial charge in [0.2, 0.25) is 0 Å². The standard InChI is InChI=1S/C16H10BrN3O/c17-11-7-5-10(6-8-11)16(21)20-14-4-2-1-3-12(14)13(9-18)15(20)19/h1-8H,19H2. The molecule has 3 aromatic rings. The first-order valence-electron chi connectivity index (χ1n) is 6.22. The Labute approximate surface area is 129 Å². The van der Waals surface area contributed by atoms with E-state index in [0.717, 1.165) is 4.47 Å². The summed E-state index contributed by atoms with van der Waals surface area (Å²) in [6, 6.07) is 16.3. The van der Waals surface area contributed by atoms with Crippen LogP contribution in [-0.2, 0) is 0 Å². The third kappa shape index (κ3) is 2.10. The fourth-order valence-corrected chi connectivity index (χ4v) is 2.58. The predicted octanol–water partition coefficient (Wildman–Crippen LogP) is 3.55.